The van der Waals surface area contributed by atoms with Crippen LogP contribution in [0.1, 0.15) is 10.4 Å². The van der Waals surface area contributed by atoms with Crippen LogP contribution in [0.15, 0.2) is 42.7 Å². The molecule has 1 amide bonds. The van der Waals surface area contributed by atoms with Crippen molar-refractivity contribution >= 4 is 17.6 Å². The number of carbonyl (C=O) groups is 2. The summed E-state index contributed by atoms with van der Waals surface area (Å²) in [6.07, 6.45) is 2.91. The topological polar surface area (TPSA) is 86.8 Å². The van der Waals surface area contributed by atoms with Crippen LogP contribution in [-0.2, 0) is 9.53 Å². The van der Waals surface area contributed by atoms with Crippen molar-refractivity contribution in [3.8, 4) is 11.5 Å². The monoisotopic (exact) mass is 316 g/mol. The van der Waals surface area contributed by atoms with E-state index in [1.54, 1.807) is 36.5 Å². The predicted molar refractivity (Wildman–Crippen MR) is 82.7 cm³/mol. The van der Waals surface area contributed by atoms with E-state index in [2.05, 4.69) is 10.3 Å². The Labute approximate surface area is 133 Å². The molecule has 7 nitrogen and oxygen atoms in total. The lowest BCUT2D eigenvalue weighted by atomic mass is 10.2. The predicted octanol–water partition coefficient (Wildman–Crippen LogP) is 1.89. The minimum Gasteiger partial charge on any atom is -0.497 e. The van der Waals surface area contributed by atoms with Gasteiger partial charge in [-0.1, -0.05) is 0 Å². The molecule has 7 heteroatoms. The highest BCUT2D eigenvalue weighted by molar-refractivity contribution is 5.96. The van der Waals surface area contributed by atoms with E-state index in [4.69, 9.17) is 14.2 Å². The Morgan fingerprint density at radius 3 is 2.65 bits per heavy atom. The van der Waals surface area contributed by atoms with Crippen molar-refractivity contribution < 1.29 is 23.8 Å². The summed E-state index contributed by atoms with van der Waals surface area (Å²) in [5.74, 6) is -0.0557. The number of methoxy groups -OCH3 is 2. The molecule has 0 aliphatic heterocycles. The highest BCUT2D eigenvalue weighted by atomic mass is 16.5. The molecule has 1 aromatic carbocycles. The van der Waals surface area contributed by atoms with Gasteiger partial charge in [-0.25, -0.2) is 4.79 Å². The number of hydrogen-bond donors (Lipinski definition) is 1. The fourth-order valence-electron chi connectivity index (χ4n) is 1.79. The van der Waals surface area contributed by atoms with Crippen molar-refractivity contribution in [3.63, 3.8) is 0 Å². The fourth-order valence-corrected chi connectivity index (χ4v) is 1.79. The molecule has 1 heterocycles. The van der Waals surface area contributed by atoms with Gasteiger partial charge in [0.05, 0.1) is 25.5 Å². The number of anilines is 1. The van der Waals surface area contributed by atoms with E-state index in [1.807, 2.05) is 0 Å². The van der Waals surface area contributed by atoms with Crippen LogP contribution in [0.4, 0.5) is 5.69 Å². The number of esters is 1. The van der Waals surface area contributed by atoms with Gasteiger partial charge in [0.1, 0.15) is 11.5 Å². The second-order valence-electron chi connectivity index (χ2n) is 4.43. The molecule has 1 N–H and O–H groups in total. The van der Waals surface area contributed by atoms with E-state index in [0.29, 0.717) is 17.2 Å². The lowest BCUT2D eigenvalue weighted by molar-refractivity contribution is -0.119. The van der Waals surface area contributed by atoms with Crippen LogP contribution in [-0.4, -0.2) is 37.7 Å². The first-order chi connectivity index (χ1) is 11.1. The normalized spacial score (nSPS) is 9.83. The number of nitrogens with zero attached hydrogens (tertiary/aromatic N) is 1. The first-order valence-electron chi connectivity index (χ1n) is 6.73. The summed E-state index contributed by atoms with van der Waals surface area (Å²) >= 11 is 0. The summed E-state index contributed by atoms with van der Waals surface area (Å²) in [5.41, 5.74) is 0.734. The minimum atomic E-state index is -0.616. The Morgan fingerprint density at radius 1 is 1.17 bits per heavy atom. The van der Waals surface area contributed by atoms with Crippen LogP contribution in [0.25, 0.3) is 0 Å². The quantitative estimate of drug-likeness (QED) is 0.819. The Hall–Kier alpha value is -3.09. The lowest BCUT2D eigenvalue weighted by Crippen LogP contribution is -2.21. The van der Waals surface area contributed by atoms with E-state index < -0.39 is 18.5 Å². The molecule has 0 aliphatic carbocycles. The van der Waals surface area contributed by atoms with Crippen LogP contribution < -0.4 is 14.8 Å². The lowest BCUT2D eigenvalue weighted by Gasteiger charge is -2.11. The number of amides is 1. The Morgan fingerprint density at radius 2 is 2.00 bits per heavy atom. The van der Waals surface area contributed by atoms with Gasteiger partial charge in [0, 0.05) is 18.5 Å². The average Bonchev–Trinajstić information content (AvgIpc) is 2.60. The number of ether oxygens (including phenoxy) is 3. The zero-order chi connectivity index (χ0) is 16.7. The van der Waals surface area contributed by atoms with Gasteiger partial charge in [0.2, 0.25) is 0 Å². The van der Waals surface area contributed by atoms with E-state index in [-0.39, 0.29) is 5.56 Å². The molecule has 0 atom stereocenters. The van der Waals surface area contributed by atoms with E-state index in [9.17, 15) is 9.59 Å². The molecule has 0 saturated carbocycles. The molecule has 2 rings (SSSR count). The summed E-state index contributed by atoms with van der Waals surface area (Å²) in [4.78, 5) is 27.4. The zero-order valence-corrected chi connectivity index (χ0v) is 12.7. The van der Waals surface area contributed by atoms with Gasteiger partial charge >= 0.3 is 5.97 Å². The van der Waals surface area contributed by atoms with Crippen LogP contribution in [0, 0.1) is 0 Å². The number of pyridine rings is 1. The van der Waals surface area contributed by atoms with Crippen LogP contribution in [0.2, 0.25) is 0 Å². The van der Waals surface area contributed by atoms with Gasteiger partial charge in [-0.05, 0) is 24.3 Å². The SMILES string of the molecule is COc1ccc(NC(=O)COC(=O)c2cccnc2)c(OC)c1. The van der Waals surface area contributed by atoms with E-state index in [1.165, 1.54) is 20.4 Å². The second kappa shape index (κ2) is 7.79. The molecule has 0 saturated heterocycles. The summed E-state index contributed by atoms with van der Waals surface area (Å²) in [6, 6.07) is 8.12. The molecule has 0 fully saturated rings. The Kier molecular flexibility index (Phi) is 5.51. The molecular weight excluding hydrogens is 300 g/mol. The van der Waals surface area contributed by atoms with Crippen molar-refractivity contribution in [3.05, 3.63) is 48.3 Å². The third-order valence-corrected chi connectivity index (χ3v) is 2.91. The maximum Gasteiger partial charge on any atom is 0.340 e. The Balaban J connectivity index is 1.93. The van der Waals surface area contributed by atoms with E-state index >= 15 is 0 Å². The van der Waals surface area contributed by atoms with Crippen molar-refractivity contribution in [2.45, 2.75) is 0 Å². The van der Waals surface area contributed by atoms with Crippen molar-refractivity contribution in [1.29, 1.82) is 0 Å². The van der Waals surface area contributed by atoms with Gasteiger partial charge in [0.25, 0.3) is 5.91 Å². The summed E-state index contributed by atoms with van der Waals surface area (Å²) in [7, 11) is 3.01. The third kappa shape index (κ3) is 4.44. The van der Waals surface area contributed by atoms with Crippen LogP contribution in [0.3, 0.4) is 0 Å². The average molecular weight is 316 g/mol. The van der Waals surface area contributed by atoms with Gasteiger partial charge < -0.3 is 19.5 Å². The molecule has 2 aromatic rings. The number of nitrogens with one attached hydrogen (secondary N) is 1. The molecule has 0 bridgehead atoms. The summed E-state index contributed by atoms with van der Waals surface area (Å²) < 4.78 is 15.2. The van der Waals surface area contributed by atoms with Crippen molar-refractivity contribution in [2.24, 2.45) is 0 Å². The number of hydrogen-bond acceptors (Lipinski definition) is 6. The standard InChI is InChI=1S/C16H16N2O5/c1-21-12-5-6-13(14(8-12)22-2)18-15(19)10-23-16(20)11-4-3-7-17-9-11/h3-9H,10H2,1-2H3,(H,18,19). The molecule has 0 spiro atoms. The molecule has 0 aliphatic rings. The fraction of sp³-hybridized carbons (Fsp3) is 0.188. The second-order valence-corrected chi connectivity index (χ2v) is 4.43. The van der Waals surface area contributed by atoms with Crippen molar-refractivity contribution in [2.75, 3.05) is 26.1 Å². The number of carbonyl (C=O) groups excluding carboxylic acids is 2. The van der Waals surface area contributed by atoms with Gasteiger partial charge in [-0.2, -0.15) is 0 Å². The Bertz CT molecular complexity index is 688. The van der Waals surface area contributed by atoms with Crippen LogP contribution >= 0.6 is 0 Å². The minimum absolute atomic E-state index is 0.280. The smallest absolute Gasteiger partial charge is 0.340 e. The molecule has 120 valence electrons. The third-order valence-electron chi connectivity index (χ3n) is 2.91. The maximum atomic E-state index is 11.9. The van der Waals surface area contributed by atoms with E-state index in [0.717, 1.165) is 0 Å². The van der Waals surface area contributed by atoms with Crippen LogP contribution in [0.5, 0.6) is 11.5 Å². The number of aromatic nitrogens is 1. The first kappa shape index (κ1) is 16.3. The van der Waals surface area contributed by atoms with Gasteiger partial charge in [0.15, 0.2) is 6.61 Å². The highest BCUT2D eigenvalue weighted by Crippen LogP contribution is 2.28. The van der Waals surface area contributed by atoms with Gasteiger partial charge in [-0.3, -0.25) is 9.78 Å². The van der Waals surface area contributed by atoms with Gasteiger partial charge in [-0.15, -0.1) is 0 Å². The number of rotatable bonds is 6. The molecule has 23 heavy (non-hydrogen) atoms. The first-order valence-corrected chi connectivity index (χ1v) is 6.73. The molecule has 0 radical (unpaired) electrons. The largest absolute Gasteiger partial charge is 0.497 e. The highest BCUT2D eigenvalue weighted by Gasteiger charge is 2.12. The summed E-state index contributed by atoms with van der Waals surface area (Å²) in [6.45, 7) is -0.414. The van der Waals surface area contributed by atoms with Crippen molar-refractivity contribution in [1.82, 2.24) is 4.98 Å². The molecule has 0 unspecified atom stereocenters. The zero-order valence-electron chi connectivity index (χ0n) is 12.7. The molecule has 1 aromatic heterocycles. The molecular formula is C16H16N2O5. The summed E-state index contributed by atoms with van der Waals surface area (Å²) in [5, 5.41) is 2.61. The number of benzene rings is 1. The maximum absolute atomic E-state index is 11.9.